The zero-order valence-corrected chi connectivity index (χ0v) is 6.91. The van der Waals surface area contributed by atoms with Crippen LogP contribution in [-0.2, 0) is 6.32 Å². The maximum atomic E-state index is 10.3. The Morgan fingerprint density at radius 2 is 2.17 bits per heavy atom. The van der Waals surface area contributed by atoms with E-state index in [4.69, 9.17) is 19.4 Å². The molecule has 0 spiro atoms. The molecule has 0 fully saturated rings. The van der Waals surface area contributed by atoms with Crippen molar-refractivity contribution in [3.8, 4) is 0 Å². The van der Waals surface area contributed by atoms with E-state index in [9.17, 15) is 10.1 Å². The minimum Gasteiger partial charge on any atom is -0.258 e. The zero-order valence-electron chi connectivity index (χ0n) is 6.16. The molecule has 2 radical (unpaired) electrons. The van der Waals surface area contributed by atoms with Gasteiger partial charge >= 0.3 is 0 Å². The number of nitro benzene ring substituents is 1. The molecule has 0 unspecified atom stereocenters. The summed E-state index contributed by atoms with van der Waals surface area (Å²) >= 11 is 5.61. The lowest BCUT2D eigenvalue weighted by Crippen LogP contribution is -1.91. The first-order chi connectivity index (χ1) is 5.63. The minimum atomic E-state index is -0.495. The molecule has 0 saturated carbocycles. The van der Waals surface area contributed by atoms with Crippen LogP contribution < -0.4 is 0 Å². The molecule has 5 heteroatoms. The normalized spacial score (nSPS) is 9.75. The van der Waals surface area contributed by atoms with Gasteiger partial charge in [0.25, 0.3) is 5.69 Å². The maximum Gasteiger partial charge on any atom is 0.271 e. The highest BCUT2D eigenvalue weighted by Crippen LogP contribution is 2.20. The lowest BCUT2D eigenvalue weighted by Gasteiger charge is -1.97. The quantitative estimate of drug-likeness (QED) is 0.397. The molecule has 60 valence electrons. The van der Waals surface area contributed by atoms with E-state index in [1.807, 2.05) is 0 Å². The molecule has 1 rings (SSSR count). The van der Waals surface area contributed by atoms with Crippen molar-refractivity contribution in [2.75, 3.05) is 0 Å². The second-order valence-corrected chi connectivity index (χ2v) is 2.72. The van der Waals surface area contributed by atoms with E-state index >= 15 is 0 Å². The molecule has 0 atom stereocenters. The molecule has 12 heavy (non-hydrogen) atoms. The van der Waals surface area contributed by atoms with Gasteiger partial charge in [0, 0.05) is 17.2 Å². The van der Waals surface area contributed by atoms with Crippen molar-refractivity contribution in [2.45, 2.75) is 6.32 Å². The number of benzene rings is 1. The van der Waals surface area contributed by atoms with Gasteiger partial charge in [-0.05, 0) is 11.6 Å². The number of hydrogen-bond donors (Lipinski definition) is 0. The molecule has 0 aliphatic rings. The van der Waals surface area contributed by atoms with Crippen molar-refractivity contribution in [1.29, 1.82) is 0 Å². The Bertz CT molecular complexity index is 316. The molecule has 0 aromatic heterocycles. The summed E-state index contributed by atoms with van der Waals surface area (Å²) in [7, 11) is 5.31. The number of nitro groups is 1. The third kappa shape index (κ3) is 1.98. The second kappa shape index (κ2) is 3.58. The fourth-order valence-electron chi connectivity index (χ4n) is 0.857. The molecule has 1 aromatic carbocycles. The van der Waals surface area contributed by atoms with Crippen molar-refractivity contribution < 1.29 is 4.92 Å². The summed E-state index contributed by atoms with van der Waals surface area (Å²) in [6.45, 7) is 0. The van der Waals surface area contributed by atoms with E-state index in [-0.39, 0.29) is 12.0 Å². The summed E-state index contributed by atoms with van der Waals surface area (Å²) in [5.41, 5.74) is 0.636. The van der Waals surface area contributed by atoms with Crippen LogP contribution in [0, 0.1) is 10.1 Å². The Hall–Kier alpha value is -1.03. The topological polar surface area (TPSA) is 43.1 Å². The molecule has 0 bridgehead atoms. The summed E-state index contributed by atoms with van der Waals surface area (Å²) in [6.07, 6.45) is 0.251. The molecule has 0 aliphatic heterocycles. The van der Waals surface area contributed by atoms with Crippen LogP contribution in [0.1, 0.15) is 5.56 Å². The fraction of sp³-hybridized carbons (Fsp3) is 0.143. The van der Waals surface area contributed by atoms with Gasteiger partial charge in [-0.2, -0.15) is 0 Å². The molecular weight excluding hydrogens is 176 g/mol. The number of nitrogens with zero attached hydrogens (tertiary/aromatic N) is 1. The molecule has 0 heterocycles. The molecule has 3 nitrogen and oxygen atoms in total. The van der Waals surface area contributed by atoms with E-state index in [1.54, 1.807) is 6.07 Å². The van der Waals surface area contributed by atoms with Crippen LogP contribution in [0.5, 0.6) is 0 Å². The Labute approximate surface area is 75.9 Å². The minimum absolute atomic E-state index is 0.0250. The molecule has 0 N–H and O–H groups in total. The van der Waals surface area contributed by atoms with Gasteiger partial charge < -0.3 is 0 Å². The van der Waals surface area contributed by atoms with E-state index in [1.165, 1.54) is 12.1 Å². The predicted molar refractivity (Wildman–Crippen MR) is 47.6 cm³/mol. The molecule has 0 aliphatic carbocycles. The van der Waals surface area contributed by atoms with Gasteiger partial charge in [-0.1, -0.05) is 17.9 Å². The highest BCUT2D eigenvalue weighted by atomic mass is 35.5. The van der Waals surface area contributed by atoms with Crippen molar-refractivity contribution in [1.82, 2.24) is 0 Å². The lowest BCUT2D eigenvalue weighted by atomic mass is 9.97. The first kappa shape index (κ1) is 9.07. The maximum absolute atomic E-state index is 10.3. The van der Waals surface area contributed by atoms with Crippen molar-refractivity contribution in [3.05, 3.63) is 38.9 Å². The van der Waals surface area contributed by atoms with Crippen LogP contribution in [0.25, 0.3) is 0 Å². The SMILES string of the molecule is [B]Cc1cc(Cl)cc([N+](=O)[O-])c1. The highest BCUT2D eigenvalue weighted by molar-refractivity contribution is 6.30. The van der Waals surface area contributed by atoms with Crippen LogP contribution >= 0.6 is 11.6 Å². The lowest BCUT2D eigenvalue weighted by molar-refractivity contribution is -0.384. The van der Waals surface area contributed by atoms with Gasteiger partial charge in [-0.15, -0.1) is 0 Å². The van der Waals surface area contributed by atoms with Crippen LogP contribution in [-0.4, -0.2) is 12.8 Å². The predicted octanol–water partition coefficient (Wildman–Crippen LogP) is 1.92. The van der Waals surface area contributed by atoms with Gasteiger partial charge in [0.15, 0.2) is 0 Å². The second-order valence-electron chi connectivity index (χ2n) is 2.28. The van der Waals surface area contributed by atoms with E-state index in [0.29, 0.717) is 10.6 Å². The standard InChI is InChI=1S/C7H5BClNO2/c8-4-5-1-6(9)3-7(2-5)10(11)12/h1-3H,4H2. The third-order valence-corrected chi connectivity index (χ3v) is 1.61. The van der Waals surface area contributed by atoms with E-state index < -0.39 is 4.92 Å². The van der Waals surface area contributed by atoms with E-state index in [0.717, 1.165) is 0 Å². The molecular formula is C7H5BClNO2. The first-order valence-corrected chi connectivity index (χ1v) is 3.65. The van der Waals surface area contributed by atoms with E-state index in [2.05, 4.69) is 0 Å². The average molecular weight is 181 g/mol. The Kier molecular flexibility index (Phi) is 2.71. The smallest absolute Gasteiger partial charge is 0.258 e. The van der Waals surface area contributed by atoms with Crippen molar-refractivity contribution >= 4 is 25.1 Å². The summed E-state index contributed by atoms with van der Waals surface area (Å²) in [5.74, 6) is 0. The number of rotatable bonds is 2. The van der Waals surface area contributed by atoms with Gasteiger partial charge in [0.1, 0.15) is 0 Å². The van der Waals surface area contributed by atoms with Gasteiger partial charge in [-0.3, -0.25) is 10.1 Å². The third-order valence-electron chi connectivity index (χ3n) is 1.39. The summed E-state index contributed by atoms with van der Waals surface area (Å²) in [5, 5.41) is 10.7. The Morgan fingerprint density at radius 3 is 2.67 bits per heavy atom. The molecule has 1 aromatic rings. The average Bonchev–Trinajstić information content (AvgIpc) is 2.03. The zero-order chi connectivity index (χ0) is 9.14. The van der Waals surface area contributed by atoms with Gasteiger partial charge in [-0.25, -0.2) is 0 Å². The van der Waals surface area contributed by atoms with Crippen LogP contribution in [0.15, 0.2) is 18.2 Å². The van der Waals surface area contributed by atoms with Crippen LogP contribution in [0.3, 0.4) is 0 Å². The van der Waals surface area contributed by atoms with Crippen LogP contribution in [0.4, 0.5) is 5.69 Å². The van der Waals surface area contributed by atoms with Crippen molar-refractivity contribution in [2.24, 2.45) is 0 Å². The molecule has 0 saturated heterocycles. The Morgan fingerprint density at radius 1 is 1.50 bits per heavy atom. The van der Waals surface area contributed by atoms with Gasteiger partial charge in [0.2, 0.25) is 0 Å². The summed E-state index contributed by atoms with van der Waals surface area (Å²) in [6, 6.07) is 4.31. The summed E-state index contributed by atoms with van der Waals surface area (Å²) in [4.78, 5) is 9.83. The monoisotopic (exact) mass is 181 g/mol. The first-order valence-electron chi connectivity index (χ1n) is 3.27. The van der Waals surface area contributed by atoms with Crippen molar-refractivity contribution in [3.63, 3.8) is 0 Å². The molecule has 0 amide bonds. The van der Waals surface area contributed by atoms with Crippen LogP contribution in [0.2, 0.25) is 5.02 Å². The largest absolute Gasteiger partial charge is 0.271 e. The van der Waals surface area contributed by atoms with Gasteiger partial charge in [0.05, 0.1) is 12.8 Å². The highest BCUT2D eigenvalue weighted by Gasteiger charge is 2.06. The number of hydrogen-bond acceptors (Lipinski definition) is 2. The number of non-ortho nitro benzene ring substituents is 1. The fourth-order valence-corrected chi connectivity index (χ4v) is 1.11. The number of halogens is 1. The summed E-state index contributed by atoms with van der Waals surface area (Å²) < 4.78 is 0. The Balaban J connectivity index is 3.15.